The third kappa shape index (κ3) is 1.53. The van der Waals surface area contributed by atoms with E-state index in [1.54, 1.807) is 0 Å². The van der Waals surface area contributed by atoms with Crippen molar-refractivity contribution in [2.45, 2.75) is 25.4 Å². The molecule has 92 valence electrons. The Morgan fingerprint density at radius 1 is 1.00 bits per heavy atom. The van der Waals surface area contributed by atoms with Gasteiger partial charge in [0, 0.05) is 17.0 Å². The molecule has 2 atom stereocenters. The Hall–Kier alpha value is -1.80. The summed E-state index contributed by atoms with van der Waals surface area (Å²) >= 11 is 0. The molecule has 0 amide bonds. The van der Waals surface area contributed by atoms with E-state index in [1.807, 2.05) is 62.4 Å². The molecule has 1 aliphatic heterocycles. The van der Waals surface area contributed by atoms with E-state index in [9.17, 15) is 5.11 Å². The Balaban J connectivity index is 2.27. The summed E-state index contributed by atoms with van der Waals surface area (Å²) in [5.41, 5.74) is 0.954. The number of rotatable bonds is 0. The molecular formula is C16H16O2. The van der Waals surface area contributed by atoms with E-state index >= 15 is 0 Å². The minimum absolute atomic E-state index is 0.0163. The highest BCUT2D eigenvalue weighted by Crippen LogP contribution is 2.47. The Kier molecular flexibility index (Phi) is 2.42. The highest BCUT2D eigenvalue weighted by Gasteiger charge is 2.37. The van der Waals surface area contributed by atoms with Gasteiger partial charge < -0.3 is 9.84 Å². The van der Waals surface area contributed by atoms with Crippen LogP contribution in [0.25, 0.3) is 0 Å². The number of fused-ring (bicyclic) bond motifs is 2. The molecule has 0 fully saturated rings. The number of para-hydroxylation sites is 2. The molecule has 0 aliphatic carbocycles. The van der Waals surface area contributed by atoms with Gasteiger partial charge in [-0.2, -0.15) is 0 Å². The van der Waals surface area contributed by atoms with E-state index in [0.717, 1.165) is 22.6 Å². The maximum absolute atomic E-state index is 10.8. The monoisotopic (exact) mass is 240 g/mol. The Morgan fingerprint density at radius 2 is 1.61 bits per heavy atom. The van der Waals surface area contributed by atoms with Crippen LogP contribution in [0.3, 0.4) is 0 Å². The molecule has 3 rings (SSSR count). The van der Waals surface area contributed by atoms with Crippen LogP contribution in [0, 0.1) is 0 Å². The normalized spacial score (nSPS) is 25.6. The largest absolute Gasteiger partial charge is 0.457 e. The quantitative estimate of drug-likeness (QED) is 0.759. The van der Waals surface area contributed by atoms with Crippen LogP contribution in [0.5, 0.6) is 11.5 Å². The van der Waals surface area contributed by atoms with E-state index < -0.39 is 5.60 Å². The first-order valence-corrected chi connectivity index (χ1v) is 6.19. The van der Waals surface area contributed by atoms with Crippen molar-refractivity contribution in [1.29, 1.82) is 0 Å². The lowest BCUT2D eigenvalue weighted by atomic mass is 9.80. The van der Waals surface area contributed by atoms with E-state index in [-0.39, 0.29) is 5.92 Å². The molecule has 0 aromatic heterocycles. The molecule has 2 heteroatoms. The third-order valence-corrected chi connectivity index (χ3v) is 3.88. The zero-order valence-electron chi connectivity index (χ0n) is 10.6. The van der Waals surface area contributed by atoms with Gasteiger partial charge in [-0.15, -0.1) is 0 Å². The van der Waals surface area contributed by atoms with Gasteiger partial charge in [0.15, 0.2) is 0 Å². The van der Waals surface area contributed by atoms with Gasteiger partial charge in [-0.25, -0.2) is 0 Å². The maximum Gasteiger partial charge on any atom is 0.133 e. The summed E-state index contributed by atoms with van der Waals surface area (Å²) in [7, 11) is 0. The van der Waals surface area contributed by atoms with Crippen molar-refractivity contribution in [3.05, 3.63) is 59.7 Å². The summed E-state index contributed by atoms with van der Waals surface area (Å²) in [6.45, 7) is 3.88. The predicted octanol–water partition coefficient (Wildman–Crippen LogP) is 3.80. The standard InChI is InChI=1S/C16H16O2/c1-11-12-7-3-5-9-14(12)18-15-10-6-4-8-13(15)16(11,2)17/h3-11,17H,1-2H3. The smallest absolute Gasteiger partial charge is 0.133 e. The Morgan fingerprint density at radius 3 is 2.39 bits per heavy atom. The summed E-state index contributed by atoms with van der Waals surface area (Å²) in [6, 6.07) is 15.6. The van der Waals surface area contributed by atoms with Gasteiger partial charge in [-0.3, -0.25) is 0 Å². The minimum atomic E-state index is -0.927. The molecule has 0 saturated heterocycles. The fourth-order valence-corrected chi connectivity index (χ4v) is 2.56. The van der Waals surface area contributed by atoms with Crippen LogP contribution in [-0.2, 0) is 5.60 Å². The van der Waals surface area contributed by atoms with Crippen LogP contribution in [-0.4, -0.2) is 5.11 Å². The Bertz CT molecular complexity index is 587. The van der Waals surface area contributed by atoms with E-state index in [1.165, 1.54) is 0 Å². The highest BCUT2D eigenvalue weighted by molar-refractivity contribution is 5.50. The summed E-state index contributed by atoms with van der Waals surface area (Å²) in [6.07, 6.45) is 0. The molecule has 2 nitrogen and oxygen atoms in total. The first kappa shape index (κ1) is 11.3. The summed E-state index contributed by atoms with van der Waals surface area (Å²) in [5.74, 6) is 1.55. The van der Waals surface area contributed by atoms with Crippen molar-refractivity contribution in [3.8, 4) is 11.5 Å². The molecule has 0 spiro atoms. The molecule has 0 radical (unpaired) electrons. The molecule has 0 saturated carbocycles. The van der Waals surface area contributed by atoms with Crippen LogP contribution >= 0.6 is 0 Å². The third-order valence-electron chi connectivity index (χ3n) is 3.88. The molecule has 1 N–H and O–H groups in total. The van der Waals surface area contributed by atoms with Gasteiger partial charge in [0.25, 0.3) is 0 Å². The first-order chi connectivity index (χ1) is 8.60. The van der Waals surface area contributed by atoms with Gasteiger partial charge in [-0.1, -0.05) is 43.3 Å². The lowest BCUT2D eigenvalue weighted by Gasteiger charge is -2.29. The molecule has 2 unspecified atom stereocenters. The lowest BCUT2D eigenvalue weighted by Crippen LogP contribution is -2.27. The van der Waals surface area contributed by atoms with Crippen LogP contribution < -0.4 is 4.74 Å². The van der Waals surface area contributed by atoms with Gasteiger partial charge in [0.1, 0.15) is 11.5 Å². The highest BCUT2D eigenvalue weighted by atomic mass is 16.5. The van der Waals surface area contributed by atoms with Crippen molar-refractivity contribution in [2.24, 2.45) is 0 Å². The van der Waals surface area contributed by atoms with Gasteiger partial charge >= 0.3 is 0 Å². The van der Waals surface area contributed by atoms with E-state index in [0.29, 0.717) is 0 Å². The number of hydrogen-bond donors (Lipinski definition) is 1. The molecule has 0 bridgehead atoms. The van der Waals surface area contributed by atoms with Crippen molar-refractivity contribution < 1.29 is 9.84 Å². The second-order valence-corrected chi connectivity index (χ2v) is 5.01. The average molecular weight is 240 g/mol. The SMILES string of the molecule is CC1c2ccccc2Oc2ccccc2C1(C)O. The van der Waals surface area contributed by atoms with Crippen molar-refractivity contribution in [1.82, 2.24) is 0 Å². The number of benzene rings is 2. The molecular weight excluding hydrogens is 224 g/mol. The molecule has 1 heterocycles. The predicted molar refractivity (Wildman–Crippen MR) is 70.9 cm³/mol. The molecule has 1 aliphatic rings. The number of hydrogen-bond acceptors (Lipinski definition) is 2. The fourth-order valence-electron chi connectivity index (χ4n) is 2.56. The van der Waals surface area contributed by atoms with E-state index in [2.05, 4.69) is 0 Å². The second-order valence-electron chi connectivity index (χ2n) is 5.01. The van der Waals surface area contributed by atoms with Crippen LogP contribution in [0.2, 0.25) is 0 Å². The molecule has 18 heavy (non-hydrogen) atoms. The van der Waals surface area contributed by atoms with Crippen molar-refractivity contribution in [2.75, 3.05) is 0 Å². The molecule has 2 aromatic carbocycles. The average Bonchev–Trinajstić information content (AvgIpc) is 2.46. The minimum Gasteiger partial charge on any atom is -0.457 e. The number of ether oxygens (including phenoxy) is 1. The Labute approximate surface area is 107 Å². The zero-order chi connectivity index (χ0) is 12.8. The number of aliphatic hydroxyl groups is 1. The molecule has 2 aromatic rings. The summed E-state index contributed by atoms with van der Waals surface area (Å²) < 4.78 is 5.95. The fraction of sp³-hybridized carbons (Fsp3) is 0.250. The second kappa shape index (κ2) is 3.85. The maximum atomic E-state index is 10.8. The lowest BCUT2D eigenvalue weighted by molar-refractivity contribution is 0.0331. The van der Waals surface area contributed by atoms with Crippen LogP contribution in [0.15, 0.2) is 48.5 Å². The van der Waals surface area contributed by atoms with Crippen LogP contribution in [0.4, 0.5) is 0 Å². The van der Waals surface area contributed by atoms with E-state index in [4.69, 9.17) is 4.74 Å². The topological polar surface area (TPSA) is 29.5 Å². The van der Waals surface area contributed by atoms with Crippen molar-refractivity contribution in [3.63, 3.8) is 0 Å². The summed E-state index contributed by atoms with van der Waals surface area (Å²) in [5, 5.41) is 10.8. The van der Waals surface area contributed by atoms with Gasteiger partial charge in [0.2, 0.25) is 0 Å². The van der Waals surface area contributed by atoms with Gasteiger partial charge in [-0.05, 0) is 19.1 Å². The van der Waals surface area contributed by atoms with Crippen LogP contribution in [0.1, 0.15) is 30.9 Å². The van der Waals surface area contributed by atoms with Crippen molar-refractivity contribution >= 4 is 0 Å². The van der Waals surface area contributed by atoms with Gasteiger partial charge in [0.05, 0.1) is 5.60 Å². The summed E-state index contributed by atoms with van der Waals surface area (Å²) in [4.78, 5) is 0. The zero-order valence-corrected chi connectivity index (χ0v) is 10.6. The first-order valence-electron chi connectivity index (χ1n) is 6.19.